The van der Waals surface area contributed by atoms with Gasteiger partial charge in [0.25, 0.3) is 0 Å². The number of aliphatic carboxylic acids is 1. The lowest BCUT2D eigenvalue weighted by molar-refractivity contribution is -0.143. The van der Waals surface area contributed by atoms with E-state index in [0.29, 0.717) is 0 Å². The fraction of sp³-hybridized carbons (Fsp3) is 0.353. The number of carboxylic acids is 1. The van der Waals surface area contributed by atoms with Crippen LogP contribution < -0.4 is 11.1 Å². The standard InChI is InChI=1S/C17H21N3O5/c1-25-17(24)12(18)6-7-15(21)20-14(16(22)23)8-10-9-19-13-5-3-2-4-11(10)13/h2-5,9,12,14,19H,6-8,18H2,1H3,(H,20,21)(H,22,23)/t12-,14-/m1/s1. The van der Waals surface area contributed by atoms with Gasteiger partial charge in [0.1, 0.15) is 12.1 Å². The van der Waals surface area contributed by atoms with Crippen molar-refractivity contribution in [2.24, 2.45) is 5.73 Å². The summed E-state index contributed by atoms with van der Waals surface area (Å²) in [5.41, 5.74) is 7.26. The summed E-state index contributed by atoms with van der Waals surface area (Å²) in [5.74, 6) is -2.22. The van der Waals surface area contributed by atoms with E-state index < -0.39 is 29.9 Å². The molecular weight excluding hydrogens is 326 g/mol. The van der Waals surface area contributed by atoms with Crippen LogP contribution in [-0.4, -0.2) is 47.1 Å². The quantitative estimate of drug-likeness (QED) is 0.515. The Morgan fingerprint density at radius 3 is 2.72 bits per heavy atom. The van der Waals surface area contributed by atoms with Crippen molar-refractivity contribution < 1.29 is 24.2 Å². The lowest BCUT2D eigenvalue weighted by atomic mass is 10.0. The third-order valence-corrected chi connectivity index (χ3v) is 3.92. The second kappa shape index (κ2) is 8.29. The summed E-state index contributed by atoms with van der Waals surface area (Å²) in [7, 11) is 1.21. The highest BCUT2D eigenvalue weighted by Gasteiger charge is 2.23. The number of para-hydroxylation sites is 1. The summed E-state index contributed by atoms with van der Waals surface area (Å²) < 4.78 is 4.48. The number of carboxylic acid groups (broad SMARTS) is 1. The SMILES string of the molecule is COC(=O)[C@H](N)CCC(=O)N[C@H](Cc1c[nH]c2ccccc12)C(=O)O. The smallest absolute Gasteiger partial charge is 0.326 e. The van der Waals surface area contributed by atoms with Crippen LogP contribution in [0.4, 0.5) is 0 Å². The first kappa shape index (κ1) is 18.5. The molecule has 2 rings (SSSR count). The monoisotopic (exact) mass is 347 g/mol. The predicted molar refractivity (Wildman–Crippen MR) is 90.8 cm³/mol. The zero-order valence-corrected chi connectivity index (χ0v) is 13.8. The molecule has 1 aromatic heterocycles. The Hall–Kier alpha value is -2.87. The molecule has 0 aliphatic rings. The second-order valence-electron chi connectivity index (χ2n) is 5.69. The first-order valence-electron chi connectivity index (χ1n) is 7.83. The number of hydrogen-bond acceptors (Lipinski definition) is 5. The number of aromatic nitrogens is 1. The van der Waals surface area contributed by atoms with E-state index in [0.717, 1.165) is 16.5 Å². The van der Waals surface area contributed by atoms with Gasteiger partial charge in [0.15, 0.2) is 0 Å². The van der Waals surface area contributed by atoms with Gasteiger partial charge in [-0.3, -0.25) is 9.59 Å². The number of methoxy groups -OCH3 is 1. The molecular formula is C17H21N3O5. The number of aromatic amines is 1. The van der Waals surface area contributed by atoms with E-state index >= 15 is 0 Å². The Bertz CT molecular complexity index is 770. The number of carbonyl (C=O) groups is 3. The molecule has 0 unspecified atom stereocenters. The topological polar surface area (TPSA) is 135 Å². The summed E-state index contributed by atoms with van der Waals surface area (Å²) in [6.07, 6.45) is 1.90. The molecule has 2 aromatic rings. The first-order chi connectivity index (χ1) is 11.9. The average Bonchev–Trinajstić information content (AvgIpc) is 3.01. The Morgan fingerprint density at radius 1 is 1.32 bits per heavy atom. The molecule has 0 fully saturated rings. The number of ether oxygens (including phenoxy) is 1. The number of nitrogens with one attached hydrogen (secondary N) is 2. The normalized spacial score (nSPS) is 13.2. The number of fused-ring (bicyclic) bond motifs is 1. The Balaban J connectivity index is 1.98. The van der Waals surface area contributed by atoms with Gasteiger partial charge in [-0.15, -0.1) is 0 Å². The van der Waals surface area contributed by atoms with Crippen LogP contribution in [-0.2, 0) is 25.5 Å². The van der Waals surface area contributed by atoms with E-state index in [1.807, 2.05) is 24.3 Å². The maximum atomic E-state index is 12.0. The highest BCUT2D eigenvalue weighted by molar-refractivity contribution is 5.87. The third kappa shape index (κ3) is 4.80. The van der Waals surface area contributed by atoms with Crippen molar-refractivity contribution in [2.75, 3.05) is 7.11 Å². The highest BCUT2D eigenvalue weighted by atomic mass is 16.5. The first-order valence-corrected chi connectivity index (χ1v) is 7.83. The molecule has 2 atom stereocenters. The van der Waals surface area contributed by atoms with E-state index in [2.05, 4.69) is 15.0 Å². The molecule has 134 valence electrons. The number of H-pyrrole nitrogens is 1. The van der Waals surface area contributed by atoms with Crippen LogP contribution in [0.5, 0.6) is 0 Å². The van der Waals surface area contributed by atoms with Gasteiger partial charge in [0.05, 0.1) is 7.11 Å². The summed E-state index contributed by atoms with van der Waals surface area (Å²) in [5, 5.41) is 12.8. The molecule has 8 nitrogen and oxygen atoms in total. The molecule has 1 aromatic carbocycles. The number of esters is 1. The van der Waals surface area contributed by atoms with Crippen molar-refractivity contribution in [3.63, 3.8) is 0 Å². The number of benzene rings is 1. The summed E-state index contributed by atoms with van der Waals surface area (Å²) >= 11 is 0. The van der Waals surface area contributed by atoms with Crippen LogP contribution in [0.15, 0.2) is 30.5 Å². The minimum Gasteiger partial charge on any atom is -0.480 e. The molecule has 5 N–H and O–H groups in total. The van der Waals surface area contributed by atoms with E-state index in [9.17, 15) is 19.5 Å². The lowest BCUT2D eigenvalue weighted by Gasteiger charge is -2.15. The zero-order chi connectivity index (χ0) is 18.4. The highest BCUT2D eigenvalue weighted by Crippen LogP contribution is 2.19. The second-order valence-corrected chi connectivity index (χ2v) is 5.69. The Kier molecular flexibility index (Phi) is 6.13. The minimum absolute atomic E-state index is 0.0616. The van der Waals surface area contributed by atoms with E-state index in [1.54, 1.807) is 6.20 Å². The van der Waals surface area contributed by atoms with Crippen molar-refractivity contribution >= 4 is 28.7 Å². The number of amides is 1. The molecule has 0 saturated carbocycles. The van der Waals surface area contributed by atoms with E-state index in [1.165, 1.54) is 7.11 Å². The molecule has 0 spiro atoms. The number of carbonyl (C=O) groups excluding carboxylic acids is 2. The van der Waals surface area contributed by atoms with Crippen LogP contribution in [0.1, 0.15) is 18.4 Å². The molecule has 0 bridgehead atoms. The van der Waals surface area contributed by atoms with Gasteiger partial charge < -0.3 is 25.9 Å². The van der Waals surface area contributed by atoms with Crippen molar-refractivity contribution in [3.05, 3.63) is 36.0 Å². The molecule has 0 saturated heterocycles. The summed E-state index contributed by atoms with van der Waals surface area (Å²) in [4.78, 5) is 37.7. The van der Waals surface area contributed by atoms with Crippen LogP contribution in [0.3, 0.4) is 0 Å². The van der Waals surface area contributed by atoms with Crippen LogP contribution in [0.25, 0.3) is 10.9 Å². The molecule has 0 radical (unpaired) electrons. The molecule has 1 amide bonds. The van der Waals surface area contributed by atoms with Gasteiger partial charge in [-0.25, -0.2) is 4.79 Å². The van der Waals surface area contributed by atoms with Crippen LogP contribution in [0.2, 0.25) is 0 Å². The van der Waals surface area contributed by atoms with Gasteiger partial charge in [0.2, 0.25) is 5.91 Å². The fourth-order valence-electron chi connectivity index (χ4n) is 2.54. The molecule has 1 heterocycles. The predicted octanol–water partition coefficient (Wildman–Crippen LogP) is 0.560. The molecule has 0 aliphatic carbocycles. The largest absolute Gasteiger partial charge is 0.480 e. The Labute approximate surface area is 144 Å². The lowest BCUT2D eigenvalue weighted by Crippen LogP contribution is -2.43. The third-order valence-electron chi connectivity index (χ3n) is 3.92. The van der Waals surface area contributed by atoms with Crippen LogP contribution >= 0.6 is 0 Å². The van der Waals surface area contributed by atoms with Crippen molar-refractivity contribution in [1.82, 2.24) is 10.3 Å². The van der Waals surface area contributed by atoms with E-state index in [-0.39, 0.29) is 19.3 Å². The minimum atomic E-state index is -1.13. The molecule has 8 heteroatoms. The summed E-state index contributed by atoms with van der Waals surface area (Å²) in [6.45, 7) is 0. The van der Waals surface area contributed by atoms with E-state index in [4.69, 9.17) is 5.73 Å². The number of hydrogen-bond donors (Lipinski definition) is 4. The van der Waals surface area contributed by atoms with Gasteiger partial charge >= 0.3 is 11.9 Å². The van der Waals surface area contributed by atoms with Crippen LogP contribution in [0, 0.1) is 0 Å². The van der Waals surface area contributed by atoms with Gasteiger partial charge in [-0.2, -0.15) is 0 Å². The van der Waals surface area contributed by atoms with Gasteiger partial charge in [-0.1, -0.05) is 18.2 Å². The van der Waals surface area contributed by atoms with Gasteiger partial charge in [0, 0.05) is 29.9 Å². The maximum Gasteiger partial charge on any atom is 0.326 e. The number of rotatable bonds is 8. The molecule has 25 heavy (non-hydrogen) atoms. The van der Waals surface area contributed by atoms with Crippen molar-refractivity contribution in [1.29, 1.82) is 0 Å². The average molecular weight is 347 g/mol. The summed E-state index contributed by atoms with van der Waals surface area (Å²) in [6, 6.07) is 5.54. The maximum absolute atomic E-state index is 12.0. The molecule has 0 aliphatic heterocycles. The van der Waals surface area contributed by atoms with Gasteiger partial charge in [-0.05, 0) is 18.1 Å². The van der Waals surface area contributed by atoms with Crippen molar-refractivity contribution in [3.8, 4) is 0 Å². The fourth-order valence-corrected chi connectivity index (χ4v) is 2.54. The zero-order valence-electron chi connectivity index (χ0n) is 13.8. The van der Waals surface area contributed by atoms with Crippen molar-refractivity contribution in [2.45, 2.75) is 31.3 Å². The Morgan fingerprint density at radius 2 is 2.04 bits per heavy atom. The number of nitrogens with two attached hydrogens (primary N) is 1.